The quantitative estimate of drug-likeness (QED) is 0.490. The van der Waals surface area contributed by atoms with E-state index in [4.69, 9.17) is 0 Å². The molecule has 22 heavy (non-hydrogen) atoms. The molecule has 0 nitrogen and oxygen atoms in total. The second-order valence-electron chi connectivity index (χ2n) is 7.85. The summed E-state index contributed by atoms with van der Waals surface area (Å²) in [6.07, 6.45) is 9.26. The summed E-state index contributed by atoms with van der Waals surface area (Å²) in [6, 6.07) is 11.4. The molecule has 1 aromatic carbocycles. The van der Waals surface area contributed by atoms with Crippen molar-refractivity contribution < 1.29 is 37.7 Å². The average Bonchev–Trinajstić information content (AvgIpc) is 2.37. The van der Waals surface area contributed by atoms with Gasteiger partial charge in [0, 0.05) is 0 Å². The smallest absolute Gasteiger partial charge is 0.273 e. The third-order valence-electron chi connectivity index (χ3n) is 4.77. The summed E-state index contributed by atoms with van der Waals surface area (Å²) in [4.78, 5) is 0. The fourth-order valence-electron chi connectivity index (χ4n) is 3.48. The van der Waals surface area contributed by atoms with Crippen molar-refractivity contribution in [2.75, 3.05) is 0 Å². The van der Waals surface area contributed by atoms with Gasteiger partial charge in [-0.2, -0.15) is 12.1 Å². The Morgan fingerprint density at radius 1 is 0.955 bits per heavy atom. The van der Waals surface area contributed by atoms with Crippen LogP contribution in [0.3, 0.4) is 0 Å². The Bertz CT molecular complexity index is 511. The van der Waals surface area contributed by atoms with Crippen LogP contribution in [0.25, 0.3) is 5.57 Å². The van der Waals surface area contributed by atoms with Gasteiger partial charge in [0.05, 0.1) is 0 Å². The van der Waals surface area contributed by atoms with Crippen molar-refractivity contribution in [3.05, 3.63) is 54.1 Å². The Morgan fingerprint density at radius 3 is 1.91 bits per heavy atom. The Morgan fingerprint density at radius 2 is 1.55 bits per heavy atom. The van der Waals surface area contributed by atoms with Gasteiger partial charge in [-0.1, -0.05) is 48.0 Å². The zero-order chi connectivity index (χ0) is 15.0. The van der Waals surface area contributed by atoms with Gasteiger partial charge in [-0.05, 0) is 16.2 Å². The van der Waals surface area contributed by atoms with Gasteiger partial charge >= 0.3 is 37.7 Å². The van der Waals surface area contributed by atoms with E-state index in [1.807, 2.05) is 12.1 Å². The van der Waals surface area contributed by atoms with E-state index in [2.05, 4.69) is 78.0 Å². The molecule has 0 radical (unpaired) electrons. The number of rotatable bonds is 1. The minimum atomic E-state index is 0. The van der Waals surface area contributed by atoms with Crippen LogP contribution in [-0.4, -0.2) is 0 Å². The molecule has 0 bridgehead atoms. The van der Waals surface area contributed by atoms with E-state index in [1.54, 1.807) is 0 Å². The first kappa shape index (κ1) is 21.9. The topological polar surface area (TPSA) is 0 Å². The van der Waals surface area contributed by atoms with Gasteiger partial charge < -0.3 is 0 Å². The second-order valence-corrected chi connectivity index (χ2v) is 7.85. The molecule has 0 heterocycles. The normalized spacial score (nSPS) is 17.1. The van der Waals surface area contributed by atoms with Crippen molar-refractivity contribution >= 4 is 5.57 Å². The van der Waals surface area contributed by atoms with Crippen LogP contribution in [-0.2, 0) is 0 Å². The molecule has 108 valence electrons. The number of hydrogen-bond acceptors (Lipinski definition) is 0. The van der Waals surface area contributed by atoms with E-state index in [1.165, 1.54) is 5.57 Å². The summed E-state index contributed by atoms with van der Waals surface area (Å²) in [5.41, 5.74) is 2.87. The van der Waals surface area contributed by atoms with Crippen LogP contribution in [0.4, 0.5) is 0 Å². The first-order valence-electron chi connectivity index (χ1n) is 7.45. The molecule has 0 atom stereocenters. The molecular formula is C20H26Li2. The van der Waals surface area contributed by atoms with Gasteiger partial charge in [-0.15, -0.1) is 12.1 Å². The Balaban J connectivity index is 0.00000220. The van der Waals surface area contributed by atoms with Gasteiger partial charge in [0.15, 0.2) is 0 Å². The molecule has 0 fully saturated rings. The molecule has 0 amide bonds. The van der Waals surface area contributed by atoms with Crippen LogP contribution in [0.15, 0.2) is 36.4 Å². The zero-order valence-electron chi connectivity index (χ0n) is 15.7. The van der Waals surface area contributed by atoms with E-state index in [-0.39, 0.29) is 54.0 Å². The van der Waals surface area contributed by atoms with Gasteiger partial charge in [0.2, 0.25) is 0 Å². The molecule has 2 heteroatoms. The van der Waals surface area contributed by atoms with Crippen molar-refractivity contribution in [3.8, 4) is 0 Å². The predicted octanol–water partition coefficient (Wildman–Crippen LogP) is -0.280. The van der Waals surface area contributed by atoms with Crippen LogP contribution in [0.2, 0.25) is 0 Å². The van der Waals surface area contributed by atoms with Crippen LogP contribution < -0.4 is 37.7 Å². The van der Waals surface area contributed by atoms with E-state index in [0.29, 0.717) is 0 Å². The van der Waals surface area contributed by atoms with Gasteiger partial charge in [0.1, 0.15) is 0 Å². The number of hydrogen-bond donors (Lipinski definition) is 0. The van der Waals surface area contributed by atoms with E-state index >= 15 is 0 Å². The third-order valence-corrected chi connectivity index (χ3v) is 4.77. The molecule has 0 aliphatic heterocycles. The maximum atomic E-state index is 3.64. The summed E-state index contributed by atoms with van der Waals surface area (Å²) in [5.74, 6) is 0. The molecule has 0 spiro atoms. The van der Waals surface area contributed by atoms with E-state index in [9.17, 15) is 0 Å². The first-order chi connectivity index (χ1) is 9.17. The zero-order valence-corrected chi connectivity index (χ0v) is 15.7. The van der Waals surface area contributed by atoms with Gasteiger partial charge in [-0.3, -0.25) is 17.2 Å². The molecule has 0 unspecified atom stereocenters. The van der Waals surface area contributed by atoms with Crippen molar-refractivity contribution in [2.45, 2.75) is 48.0 Å². The molecule has 0 saturated carbocycles. The van der Waals surface area contributed by atoms with Gasteiger partial charge in [0.25, 0.3) is 0 Å². The SMILES string of the molecule is CC(C)(C)C1(C(C)(C)C)C=CC(c2[c-]cccc2)=[C-]C1.[Li+].[Li+]. The van der Waals surface area contributed by atoms with Crippen molar-refractivity contribution in [2.24, 2.45) is 16.2 Å². The van der Waals surface area contributed by atoms with Crippen molar-refractivity contribution in [1.82, 2.24) is 0 Å². The van der Waals surface area contributed by atoms with Crippen molar-refractivity contribution in [1.29, 1.82) is 0 Å². The number of benzene rings is 1. The first-order valence-corrected chi connectivity index (χ1v) is 7.45. The number of allylic oxidation sites excluding steroid dienone is 4. The maximum absolute atomic E-state index is 3.64. The minimum Gasteiger partial charge on any atom is -0.273 e. The van der Waals surface area contributed by atoms with Crippen LogP contribution in [0.1, 0.15) is 53.5 Å². The fraction of sp³-hybridized carbons (Fsp3) is 0.500. The van der Waals surface area contributed by atoms with Crippen LogP contribution in [0, 0.1) is 28.4 Å². The molecule has 1 aromatic rings. The summed E-state index contributed by atoms with van der Waals surface area (Å²) in [7, 11) is 0. The molecule has 1 aliphatic rings. The van der Waals surface area contributed by atoms with E-state index in [0.717, 1.165) is 12.0 Å². The Kier molecular flexibility index (Phi) is 7.61. The summed E-state index contributed by atoms with van der Waals surface area (Å²) in [5, 5.41) is 0. The predicted molar refractivity (Wildman–Crippen MR) is 87.0 cm³/mol. The Hall–Kier alpha value is -0.105. The molecule has 1 aliphatic carbocycles. The maximum Gasteiger partial charge on any atom is 1.00 e. The standard InChI is InChI=1S/C20H26.2Li/c1-18(2,3)20(19(4,5)6)14-12-17(13-15-20)16-10-8-7-9-11-16;;/h7-10,12,14H,15H2,1-6H3;;/q-2;2*+1. The van der Waals surface area contributed by atoms with Crippen LogP contribution in [0.5, 0.6) is 0 Å². The van der Waals surface area contributed by atoms with Gasteiger partial charge in [-0.25, -0.2) is 18.2 Å². The largest absolute Gasteiger partial charge is 1.00 e. The fourth-order valence-corrected chi connectivity index (χ4v) is 3.48. The average molecular weight is 280 g/mol. The summed E-state index contributed by atoms with van der Waals surface area (Å²) < 4.78 is 0. The second kappa shape index (κ2) is 7.64. The van der Waals surface area contributed by atoms with Crippen molar-refractivity contribution in [3.63, 3.8) is 0 Å². The molecule has 0 N–H and O–H groups in total. The molecule has 0 saturated heterocycles. The van der Waals surface area contributed by atoms with Crippen LogP contribution >= 0.6 is 0 Å². The summed E-state index contributed by atoms with van der Waals surface area (Å²) in [6.45, 7) is 14.0. The third kappa shape index (κ3) is 4.05. The Labute approximate surface area is 161 Å². The monoisotopic (exact) mass is 280 g/mol. The molecule has 0 aromatic heterocycles. The molecular weight excluding hydrogens is 254 g/mol. The molecule has 2 rings (SSSR count). The minimum absolute atomic E-state index is 0. The summed E-state index contributed by atoms with van der Waals surface area (Å²) >= 11 is 0. The van der Waals surface area contributed by atoms with E-state index < -0.39 is 0 Å².